The van der Waals surface area contributed by atoms with Gasteiger partial charge in [0.15, 0.2) is 0 Å². The minimum Gasteiger partial charge on any atom is -0.399 e. The standard InChI is InChI=1S/C23H30N4O2/c24-16-6-5-14-12-27(22(28)18(14)11-16)20-8-7-19-17-4-2-10-25-9-1-3-15(21(17)25)13-26(19)23(20)29/h5-6,11,15,17,19-21H,1-4,7-10,12-13,24H2/t15-,17+,19+,20?,21-/m0/s1. The van der Waals surface area contributed by atoms with E-state index in [0.29, 0.717) is 41.7 Å². The van der Waals surface area contributed by atoms with Crippen molar-refractivity contribution < 1.29 is 9.59 Å². The maximum Gasteiger partial charge on any atom is 0.255 e. The summed E-state index contributed by atoms with van der Waals surface area (Å²) >= 11 is 0. The fourth-order valence-electron chi connectivity index (χ4n) is 7.14. The smallest absolute Gasteiger partial charge is 0.255 e. The van der Waals surface area contributed by atoms with Gasteiger partial charge >= 0.3 is 0 Å². The van der Waals surface area contributed by atoms with Crippen molar-refractivity contribution in [1.82, 2.24) is 14.7 Å². The first kappa shape index (κ1) is 17.8. The summed E-state index contributed by atoms with van der Waals surface area (Å²) in [4.78, 5) is 33.4. The number of nitrogen functional groups attached to an aromatic ring is 1. The molecule has 5 aliphatic rings. The van der Waals surface area contributed by atoms with Crippen molar-refractivity contribution >= 4 is 17.5 Å². The van der Waals surface area contributed by atoms with Crippen LogP contribution in [0.4, 0.5) is 5.69 Å². The number of benzene rings is 1. The number of carbonyl (C=O) groups is 2. The Hall–Kier alpha value is -2.08. The van der Waals surface area contributed by atoms with Crippen molar-refractivity contribution in [1.29, 1.82) is 0 Å². The maximum atomic E-state index is 13.6. The molecule has 0 aliphatic carbocycles. The average Bonchev–Trinajstić information content (AvgIpc) is 3.05. The second-order valence-corrected chi connectivity index (χ2v) is 9.74. The Morgan fingerprint density at radius 1 is 0.966 bits per heavy atom. The van der Waals surface area contributed by atoms with Gasteiger partial charge in [0.25, 0.3) is 5.91 Å². The molecule has 1 aromatic rings. The number of fused-ring (bicyclic) bond motifs is 3. The van der Waals surface area contributed by atoms with E-state index in [0.717, 1.165) is 24.9 Å². The summed E-state index contributed by atoms with van der Waals surface area (Å²) in [5.41, 5.74) is 8.17. The molecular formula is C23H30N4O2. The number of hydrogen-bond acceptors (Lipinski definition) is 4. The molecular weight excluding hydrogens is 364 g/mol. The van der Waals surface area contributed by atoms with Crippen molar-refractivity contribution in [2.75, 3.05) is 25.4 Å². The fraction of sp³-hybridized carbons (Fsp3) is 0.652. The lowest BCUT2D eigenvalue weighted by Gasteiger charge is -2.59. The van der Waals surface area contributed by atoms with Gasteiger partial charge in [-0.2, -0.15) is 0 Å². The van der Waals surface area contributed by atoms with Gasteiger partial charge in [0.05, 0.1) is 0 Å². The van der Waals surface area contributed by atoms with Crippen LogP contribution in [0.15, 0.2) is 18.2 Å². The van der Waals surface area contributed by atoms with Crippen LogP contribution in [0.25, 0.3) is 0 Å². The SMILES string of the molecule is Nc1ccc2c(c1)C(=O)N(C1CC[C@@H]3[C@H]4CCCN5CCC[C@@H](CN3C1=O)[C@@H]45)C2. The van der Waals surface area contributed by atoms with E-state index in [1.54, 1.807) is 6.07 Å². The molecule has 5 heterocycles. The van der Waals surface area contributed by atoms with Crippen LogP contribution in [-0.4, -0.2) is 64.3 Å². The minimum atomic E-state index is -0.313. The predicted octanol–water partition coefficient (Wildman–Crippen LogP) is 2.09. The Labute approximate surface area is 172 Å². The number of hydrogen-bond donors (Lipinski definition) is 1. The zero-order valence-corrected chi connectivity index (χ0v) is 16.9. The number of nitrogens with zero attached hydrogens (tertiary/aromatic N) is 3. The molecule has 2 N–H and O–H groups in total. The number of nitrogens with two attached hydrogens (primary N) is 1. The molecule has 6 rings (SSSR count). The van der Waals surface area contributed by atoms with E-state index in [1.165, 1.54) is 38.8 Å². The van der Waals surface area contributed by atoms with Crippen LogP contribution in [0.5, 0.6) is 0 Å². The monoisotopic (exact) mass is 394 g/mol. The molecule has 0 spiro atoms. The number of piperidine rings is 4. The minimum absolute atomic E-state index is 0.0273. The van der Waals surface area contributed by atoms with E-state index in [-0.39, 0.29) is 17.9 Å². The molecule has 4 fully saturated rings. The summed E-state index contributed by atoms with van der Waals surface area (Å²) in [5.74, 6) is 1.40. The predicted molar refractivity (Wildman–Crippen MR) is 110 cm³/mol. The van der Waals surface area contributed by atoms with E-state index >= 15 is 0 Å². The number of rotatable bonds is 1. The topological polar surface area (TPSA) is 69.9 Å². The van der Waals surface area contributed by atoms with Gasteiger partial charge in [0.1, 0.15) is 6.04 Å². The Morgan fingerprint density at radius 2 is 1.79 bits per heavy atom. The summed E-state index contributed by atoms with van der Waals surface area (Å²) in [5, 5.41) is 0. The van der Waals surface area contributed by atoms with Crippen LogP contribution in [-0.2, 0) is 11.3 Å². The van der Waals surface area contributed by atoms with Crippen LogP contribution in [0.1, 0.15) is 54.4 Å². The largest absolute Gasteiger partial charge is 0.399 e. The molecule has 0 saturated carbocycles. The third-order valence-corrected chi connectivity index (χ3v) is 8.32. The van der Waals surface area contributed by atoms with Crippen molar-refractivity contribution in [2.45, 2.75) is 63.2 Å². The molecule has 4 saturated heterocycles. The molecule has 154 valence electrons. The van der Waals surface area contributed by atoms with Crippen molar-refractivity contribution in [2.24, 2.45) is 11.8 Å². The summed E-state index contributed by atoms with van der Waals surface area (Å²) in [6, 6.07) is 6.28. The van der Waals surface area contributed by atoms with Crippen LogP contribution >= 0.6 is 0 Å². The van der Waals surface area contributed by atoms with Gasteiger partial charge in [-0.15, -0.1) is 0 Å². The lowest BCUT2D eigenvalue weighted by Crippen LogP contribution is -2.69. The van der Waals surface area contributed by atoms with Gasteiger partial charge < -0.3 is 15.5 Å². The van der Waals surface area contributed by atoms with Gasteiger partial charge in [-0.3, -0.25) is 14.5 Å². The fourth-order valence-corrected chi connectivity index (χ4v) is 7.14. The van der Waals surface area contributed by atoms with Crippen LogP contribution < -0.4 is 5.73 Å². The van der Waals surface area contributed by atoms with Gasteiger partial charge in [-0.25, -0.2) is 0 Å². The molecule has 1 aromatic carbocycles. The number of amides is 2. The van der Waals surface area contributed by atoms with Gasteiger partial charge in [0, 0.05) is 36.4 Å². The molecule has 2 amide bonds. The molecule has 1 unspecified atom stereocenters. The zero-order chi connectivity index (χ0) is 19.7. The highest BCUT2D eigenvalue weighted by atomic mass is 16.2. The Bertz CT molecular complexity index is 868. The Kier molecular flexibility index (Phi) is 3.95. The van der Waals surface area contributed by atoms with Gasteiger partial charge in [-0.05, 0) is 81.1 Å². The molecule has 29 heavy (non-hydrogen) atoms. The highest BCUT2D eigenvalue weighted by Crippen LogP contribution is 2.45. The third kappa shape index (κ3) is 2.57. The Morgan fingerprint density at radius 3 is 2.66 bits per heavy atom. The van der Waals surface area contributed by atoms with Crippen LogP contribution in [0.2, 0.25) is 0 Å². The first-order valence-electron chi connectivity index (χ1n) is 11.4. The van der Waals surface area contributed by atoms with E-state index in [9.17, 15) is 9.59 Å². The molecule has 0 bridgehead atoms. The molecule has 0 radical (unpaired) electrons. The van der Waals surface area contributed by atoms with E-state index in [1.807, 2.05) is 17.0 Å². The highest BCUT2D eigenvalue weighted by molar-refractivity contribution is 6.02. The summed E-state index contributed by atoms with van der Waals surface area (Å²) < 4.78 is 0. The van der Waals surface area contributed by atoms with E-state index in [4.69, 9.17) is 5.73 Å². The number of anilines is 1. The van der Waals surface area contributed by atoms with Gasteiger partial charge in [-0.1, -0.05) is 6.07 Å². The average molecular weight is 395 g/mol. The molecule has 6 nitrogen and oxygen atoms in total. The normalized spacial score (nSPS) is 36.6. The Balaban J connectivity index is 1.26. The van der Waals surface area contributed by atoms with E-state index in [2.05, 4.69) is 9.80 Å². The first-order valence-corrected chi connectivity index (χ1v) is 11.4. The highest BCUT2D eigenvalue weighted by Gasteiger charge is 2.53. The molecule has 6 heteroatoms. The zero-order valence-electron chi connectivity index (χ0n) is 16.9. The molecule has 5 atom stereocenters. The lowest BCUT2D eigenvalue weighted by molar-refractivity contribution is -0.157. The van der Waals surface area contributed by atoms with Crippen LogP contribution in [0, 0.1) is 11.8 Å². The van der Waals surface area contributed by atoms with Crippen molar-refractivity contribution in [3.05, 3.63) is 29.3 Å². The lowest BCUT2D eigenvalue weighted by atomic mass is 9.67. The molecule has 5 aliphatic heterocycles. The van der Waals surface area contributed by atoms with Gasteiger partial charge in [0.2, 0.25) is 5.91 Å². The quantitative estimate of drug-likeness (QED) is 0.741. The van der Waals surface area contributed by atoms with Crippen LogP contribution in [0.3, 0.4) is 0 Å². The molecule has 0 aromatic heterocycles. The third-order valence-electron chi connectivity index (χ3n) is 8.32. The summed E-state index contributed by atoms with van der Waals surface area (Å²) in [6.07, 6.45) is 6.84. The maximum absolute atomic E-state index is 13.6. The summed E-state index contributed by atoms with van der Waals surface area (Å²) in [6.45, 7) is 3.90. The van der Waals surface area contributed by atoms with Crippen molar-refractivity contribution in [3.8, 4) is 0 Å². The van der Waals surface area contributed by atoms with E-state index < -0.39 is 0 Å². The summed E-state index contributed by atoms with van der Waals surface area (Å²) in [7, 11) is 0. The van der Waals surface area contributed by atoms with Crippen molar-refractivity contribution in [3.63, 3.8) is 0 Å². The second-order valence-electron chi connectivity index (χ2n) is 9.74. The number of carbonyl (C=O) groups excluding carboxylic acids is 2. The second kappa shape index (κ2) is 6.46. The first-order chi connectivity index (χ1) is 14.1.